The Morgan fingerprint density at radius 2 is 1.49 bits per heavy atom. The van der Waals surface area contributed by atoms with Gasteiger partial charge in [-0.05, 0) is 65.9 Å². The highest BCUT2D eigenvalue weighted by Crippen LogP contribution is 2.48. The summed E-state index contributed by atoms with van der Waals surface area (Å²) in [5, 5.41) is 3.64. The normalized spacial score (nSPS) is 19.7. The number of Topliss-reactive ketones (excluding diaryl/α,β-unsaturated/α-hetero) is 1. The lowest BCUT2D eigenvalue weighted by molar-refractivity contribution is -0.130. The number of carbonyl (C=O) groups excluding carboxylic acids is 2. The molecule has 0 aromatic heterocycles. The third kappa shape index (κ3) is 5.78. The van der Waals surface area contributed by atoms with E-state index in [1.807, 2.05) is 65.6 Å². The lowest BCUT2D eigenvalue weighted by atomic mass is 9.73. The van der Waals surface area contributed by atoms with Crippen molar-refractivity contribution in [3.8, 4) is 11.5 Å². The van der Waals surface area contributed by atoms with Crippen LogP contribution >= 0.6 is 0 Å². The van der Waals surface area contributed by atoms with E-state index >= 15 is 0 Å². The molecular formula is C35H40N4O4. The van der Waals surface area contributed by atoms with Crippen molar-refractivity contribution in [2.45, 2.75) is 32.7 Å². The predicted octanol–water partition coefficient (Wildman–Crippen LogP) is 5.67. The molecule has 224 valence electrons. The fourth-order valence-corrected chi connectivity index (χ4v) is 6.61. The molecule has 1 N–H and O–H groups in total. The molecule has 6 rings (SSSR count). The van der Waals surface area contributed by atoms with Crippen LogP contribution in [0.4, 0.5) is 17.1 Å². The molecule has 3 aromatic carbocycles. The summed E-state index contributed by atoms with van der Waals surface area (Å²) < 4.78 is 10.7. The summed E-state index contributed by atoms with van der Waals surface area (Å²) in [6.45, 7) is 7.21. The summed E-state index contributed by atoms with van der Waals surface area (Å²) in [5.41, 5.74) is 5.43. The van der Waals surface area contributed by atoms with Crippen LogP contribution in [0.3, 0.4) is 0 Å². The van der Waals surface area contributed by atoms with Gasteiger partial charge in [-0.1, -0.05) is 38.1 Å². The molecule has 1 unspecified atom stereocenters. The second kappa shape index (κ2) is 11.7. The van der Waals surface area contributed by atoms with Gasteiger partial charge < -0.3 is 29.5 Å². The summed E-state index contributed by atoms with van der Waals surface area (Å²) >= 11 is 0. The largest absolute Gasteiger partial charge is 0.497 e. The van der Waals surface area contributed by atoms with E-state index in [9.17, 15) is 9.59 Å². The number of ether oxygens (including phenoxy) is 2. The van der Waals surface area contributed by atoms with Gasteiger partial charge in [-0.2, -0.15) is 0 Å². The number of nitrogens with one attached hydrogen (secondary N) is 1. The summed E-state index contributed by atoms with van der Waals surface area (Å²) in [7, 11) is 3.31. The van der Waals surface area contributed by atoms with Gasteiger partial charge in [0.25, 0.3) is 0 Å². The molecule has 3 aromatic rings. The smallest absolute Gasteiger partial charge is 0.242 e. The number of nitrogens with zero attached hydrogens (tertiary/aromatic N) is 3. The van der Waals surface area contributed by atoms with Crippen LogP contribution in [0, 0.1) is 5.41 Å². The zero-order valence-electron chi connectivity index (χ0n) is 25.4. The molecule has 2 aliphatic heterocycles. The summed E-state index contributed by atoms with van der Waals surface area (Å²) in [6, 6.07) is 23.6. The van der Waals surface area contributed by atoms with Gasteiger partial charge in [0.05, 0.1) is 38.2 Å². The number of methoxy groups -OCH3 is 2. The highest BCUT2D eigenvalue weighted by molar-refractivity contribution is 6.02. The van der Waals surface area contributed by atoms with Crippen molar-refractivity contribution in [3.63, 3.8) is 0 Å². The van der Waals surface area contributed by atoms with Gasteiger partial charge in [0, 0.05) is 49.6 Å². The van der Waals surface area contributed by atoms with Crippen molar-refractivity contribution in [1.29, 1.82) is 0 Å². The maximum atomic E-state index is 14.0. The number of carbonyl (C=O) groups is 2. The first kappa shape index (κ1) is 28.6. The van der Waals surface area contributed by atoms with Gasteiger partial charge in [-0.25, -0.2) is 0 Å². The number of allylic oxidation sites excluding steroid dienone is 1. The van der Waals surface area contributed by atoms with E-state index in [2.05, 4.69) is 41.1 Å². The first-order valence-corrected chi connectivity index (χ1v) is 15.0. The number of ketones is 1. The third-order valence-electron chi connectivity index (χ3n) is 8.81. The van der Waals surface area contributed by atoms with Gasteiger partial charge in [0.1, 0.15) is 11.5 Å². The molecular weight excluding hydrogens is 540 g/mol. The molecule has 1 amide bonds. The molecule has 1 atom stereocenters. The molecule has 1 saturated heterocycles. The van der Waals surface area contributed by atoms with Crippen molar-refractivity contribution in [2.75, 3.05) is 62.1 Å². The third-order valence-corrected chi connectivity index (χ3v) is 8.81. The van der Waals surface area contributed by atoms with Gasteiger partial charge in [-0.15, -0.1) is 0 Å². The van der Waals surface area contributed by atoms with Crippen LogP contribution in [0.15, 0.2) is 84.1 Å². The van der Waals surface area contributed by atoms with Gasteiger partial charge in [0.15, 0.2) is 5.78 Å². The minimum Gasteiger partial charge on any atom is -0.497 e. The highest BCUT2D eigenvalue weighted by atomic mass is 16.5. The number of benzene rings is 3. The first-order valence-electron chi connectivity index (χ1n) is 15.0. The number of anilines is 3. The Kier molecular flexibility index (Phi) is 7.77. The van der Waals surface area contributed by atoms with Crippen molar-refractivity contribution < 1.29 is 19.1 Å². The minimum atomic E-state index is -0.412. The number of para-hydroxylation sites is 2. The summed E-state index contributed by atoms with van der Waals surface area (Å²) in [4.78, 5) is 34.4. The molecule has 1 fully saturated rings. The molecule has 8 nitrogen and oxygen atoms in total. The minimum absolute atomic E-state index is 0.0512. The van der Waals surface area contributed by atoms with Gasteiger partial charge in [-0.3, -0.25) is 9.59 Å². The fourth-order valence-electron chi connectivity index (χ4n) is 6.61. The molecule has 0 bridgehead atoms. The molecule has 0 radical (unpaired) electrons. The van der Waals surface area contributed by atoms with Crippen LogP contribution in [0.25, 0.3) is 0 Å². The topological polar surface area (TPSA) is 74.4 Å². The fraction of sp³-hybridized carbons (Fsp3) is 0.371. The Morgan fingerprint density at radius 3 is 2.14 bits per heavy atom. The predicted molar refractivity (Wildman–Crippen MR) is 170 cm³/mol. The first-order chi connectivity index (χ1) is 20.8. The quantitative estimate of drug-likeness (QED) is 0.403. The average Bonchev–Trinajstić information content (AvgIpc) is 3.15. The molecule has 43 heavy (non-hydrogen) atoms. The zero-order valence-corrected chi connectivity index (χ0v) is 25.4. The number of fused-ring (bicyclic) bond motifs is 1. The van der Waals surface area contributed by atoms with E-state index in [4.69, 9.17) is 9.47 Å². The maximum absolute atomic E-state index is 14.0. The van der Waals surface area contributed by atoms with Crippen LogP contribution in [0.1, 0.15) is 38.3 Å². The maximum Gasteiger partial charge on any atom is 0.242 e. The number of piperazine rings is 1. The van der Waals surface area contributed by atoms with E-state index in [1.54, 1.807) is 14.2 Å². The van der Waals surface area contributed by atoms with E-state index in [0.29, 0.717) is 19.5 Å². The number of hydrogen-bond donors (Lipinski definition) is 1. The van der Waals surface area contributed by atoms with Crippen LogP contribution < -0.4 is 24.6 Å². The van der Waals surface area contributed by atoms with Crippen molar-refractivity contribution in [3.05, 3.63) is 89.6 Å². The summed E-state index contributed by atoms with van der Waals surface area (Å²) in [5.74, 6) is 1.75. The second-order valence-corrected chi connectivity index (χ2v) is 12.3. The monoisotopic (exact) mass is 580 g/mol. The van der Waals surface area contributed by atoms with E-state index in [0.717, 1.165) is 64.9 Å². The number of amides is 1. The Hall–Kier alpha value is -4.46. The standard InChI is InChI=1S/C35H40N4O4/c1-35(2)21-29-33(31(40)22-35)34(24-9-13-26(42-3)14-10-24)39(30-8-6-5-7-28(30)36-29)23-32(41)38-19-17-37(18-20-38)25-11-15-27(43-4)16-12-25/h5-16,34,36H,17-23H2,1-4H3. The molecule has 2 heterocycles. The Bertz CT molecular complexity index is 1520. The zero-order chi connectivity index (χ0) is 30.1. The van der Waals surface area contributed by atoms with Crippen molar-refractivity contribution >= 4 is 28.8 Å². The van der Waals surface area contributed by atoms with Gasteiger partial charge >= 0.3 is 0 Å². The molecule has 3 aliphatic rings. The Labute approximate surface area is 253 Å². The van der Waals surface area contributed by atoms with Crippen molar-refractivity contribution in [1.82, 2.24) is 4.90 Å². The molecule has 0 saturated carbocycles. The van der Waals surface area contributed by atoms with Gasteiger partial charge in [0.2, 0.25) is 5.91 Å². The van der Waals surface area contributed by atoms with E-state index in [-0.39, 0.29) is 23.7 Å². The SMILES string of the molecule is COc1ccc(C2C3=C(CC(C)(C)CC3=O)Nc3ccccc3N2CC(=O)N2CCN(c3ccc(OC)cc3)CC2)cc1. The van der Waals surface area contributed by atoms with Crippen LogP contribution in [0.5, 0.6) is 11.5 Å². The van der Waals surface area contributed by atoms with E-state index in [1.165, 1.54) is 0 Å². The number of rotatable bonds is 6. The molecule has 8 heteroatoms. The molecule has 0 spiro atoms. The Balaban J connectivity index is 1.32. The summed E-state index contributed by atoms with van der Waals surface area (Å²) in [6.07, 6.45) is 1.22. The molecule has 1 aliphatic carbocycles. The second-order valence-electron chi connectivity index (χ2n) is 12.3. The van der Waals surface area contributed by atoms with Crippen LogP contribution in [-0.4, -0.2) is 63.5 Å². The lowest BCUT2D eigenvalue weighted by Crippen LogP contribution is -2.52. The number of hydrogen-bond acceptors (Lipinski definition) is 7. The van der Waals surface area contributed by atoms with E-state index < -0.39 is 6.04 Å². The van der Waals surface area contributed by atoms with Crippen LogP contribution in [-0.2, 0) is 9.59 Å². The Morgan fingerprint density at radius 1 is 0.860 bits per heavy atom. The average molecular weight is 581 g/mol. The van der Waals surface area contributed by atoms with Crippen LogP contribution in [0.2, 0.25) is 0 Å². The lowest BCUT2D eigenvalue weighted by Gasteiger charge is -2.40. The highest BCUT2D eigenvalue weighted by Gasteiger charge is 2.42. The van der Waals surface area contributed by atoms with Crippen molar-refractivity contribution in [2.24, 2.45) is 5.41 Å².